The zero-order chi connectivity index (χ0) is 15.0. The van der Waals surface area contributed by atoms with Crippen LogP contribution in [0.5, 0.6) is 0 Å². The highest BCUT2D eigenvalue weighted by molar-refractivity contribution is 8.15. The number of thioether (sulfide) groups is 1. The number of nitrogens with zero attached hydrogens (tertiary/aromatic N) is 1. The lowest BCUT2D eigenvalue weighted by Gasteiger charge is -2.04. The Hall–Kier alpha value is -1.93. The summed E-state index contributed by atoms with van der Waals surface area (Å²) in [7, 11) is 0. The quantitative estimate of drug-likeness (QED) is 0.905. The number of carbonyl (C=O) groups excluding carboxylic acids is 3. The van der Waals surface area contributed by atoms with Crippen LogP contribution in [0.25, 0.3) is 10.2 Å². The second kappa shape index (κ2) is 5.45. The maximum atomic E-state index is 11.9. The highest BCUT2D eigenvalue weighted by Crippen LogP contribution is 2.27. The molecule has 108 valence electrons. The number of hydrogen-bond acceptors (Lipinski definition) is 6. The summed E-state index contributed by atoms with van der Waals surface area (Å²) in [5, 5.41) is 4.26. The van der Waals surface area contributed by atoms with E-state index in [0.29, 0.717) is 5.13 Å². The first kappa shape index (κ1) is 14.0. The molecule has 0 bridgehead atoms. The van der Waals surface area contributed by atoms with Gasteiger partial charge in [0.1, 0.15) is 5.25 Å². The van der Waals surface area contributed by atoms with Crippen LogP contribution in [0.3, 0.4) is 0 Å². The zero-order valence-corrected chi connectivity index (χ0v) is 12.6. The number of carbonyl (C=O) groups is 3. The Balaban J connectivity index is 1.68. The van der Waals surface area contributed by atoms with Crippen molar-refractivity contribution in [3.63, 3.8) is 0 Å². The van der Waals surface area contributed by atoms with Crippen molar-refractivity contribution in [1.29, 1.82) is 0 Å². The first-order valence-corrected chi connectivity index (χ1v) is 7.89. The maximum absolute atomic E-state index is 11.9. The minimum absolute atomic E-state index is 0.0445. The van der Waals surface area contributed by atoms with Crippen molar-refractivity contribution in [2.75, 3.05) is 5.32 Å². The van der Waals surface area contributed by atoms with E-state index in [4.69, 9.17) is 0 Å². The Morgan fingerprint density at radius 1 is 1.43 bits per heavy atom. The molecule has 8 heteroatoms. The second-order valence-corrected chi connectivity index (χ2v) is 6.83. The molecule has 1 aliphatic heterocycles. The fourth-order valence-corrected chi connectivity index (χ4v) is 3.75. The third kappa shape index (κ3) is 3.06. The molecule has 6 nitrogen and oxygen atoms in total. The molecule has 1 atom stereocenters. The van der Waals surface area contributed by atoms with Crippen molar-refractivity contribution in [1.82, 2.24) is 10.3 Å². The van der Waals surface area contributed by atoms with Crippen molar-refractivity contribution in [3.8, 4) is 0 Å². The van der Waals surface area contributed by atoms with Crippen molar-refractivity contribution < 1.29 is 14.4 Å². The topological polar surface area (TPSA) is 88.2 Å². The number of amides is 3. The molecular weight excluding hydrogens is 310 g/mol. The monoisotopic (exact) mass is 321 g/mol. The number of rotatable bonds is 3. The molecule has 2 aromatic rings. The molecule has 0 saturated carbocycles. The average molecular weight is 321 g/mol. The largest absolute Gasteiger partial charge is 0.302 e. The van der Waals surface area contributed by atoms with Crippen LogP contribution < -0.4 is 10.6 Å². The Morgan fingerprint density at radius 2 is 2.24 bits per heavy atom. The van der Waals surface area contributed by atoms with E-state index < -0.39 is 16.4 Å². The Kier molecular flexibility index (Phi) is 3.64. The average Bonchev–Trinajstić information content (AvgIpc) is 2.91. The number of nitrogens with one attached hydrogen (secondary N) is 2. The first-order valence-electron chi connectivity index (χ1n) is 6.20. The summed E-state index contributed by atoms with van der Waals surface area (Å²) in [6, 6.07) is 5.86. The lowest BCUT2D eigenvalue weighted by Crippen LogP contribution is -2.27. The van der Waals surface area contributed by atoms with Gasteiger partial charge < -0.3 is 5.32 Å². The van der Waals surface area contributed by atoms with Gasteiger partial charge in [-0.05, 0) is 24.6 Å². The molecule has 2 N–H and O–H groups in total. The van der Waals surface area contributed by atoms with E-state index in [1.54, 1.807) is 0 Å². The van der Waals surface area contributed by atoms with Crippen LogP contribution in [-0.2, 0) is 9.59 Å². The smallest absolute Gasteiger partial charge is 0.286 e. The zero-order valence-electron chi connectivity index (χ0n) is 11.0. The van der Waals surface area contributed by atoms with Crippen molar-refractivity contribution in [2.24, 2.45) is 0 Å². The van der Waals surface area contributed by atoms with Crippen LogP contribution in [0.15, 0.2) is 18.2 Å². The molecule has 1 aromatic heterocycles. The molecule has 3 rings (SSSR count). The van der Waals surface area contributed by atoms with Gasteiger partial charge in [0.2, 0.25) is 11.8 Å². The number of fused-ring (bicyclic) bond motifs is 1. The molecular formula is C13H11N3O3S2. The number of thiazole rings is 1. The summed E-state index contributed by atoms with van der Waals surface area (Å²) < 4.78 is 0.994. The van der Waals surface area contributed by atoms with Crippen molar-refractivity contribution in [3.05, 3.63) is 23.8 Å². The second-order valence-electron chi connectivity index (χ2n) is 4.63. The molecule has 1 aromatic carbocycles. The van der Waals surface area contributed by atoms with Crippen molar-refractivity contribution >= 4 is 55.5 Å². The SMILES string of the molecule is Cc1ccc2nc(NC(=O)C[C@@H]3SC(=O)NC3=O)sc2c1. The van der Waals surface area contributed by atoms with Crippen LogP contribution in [0.2, 0.25) is 0 Å². The van der Waals surface area contributed by atoms with Gasteiger partial charge in [-0.1, -0.05) is 29.2 Å². The van der Waals surface area contributed by atoms with Crippen LogP contribution in [0.1, 0.15) is 12.0 Å². The number of aryl methyl sites for hydroxylation is 1. The van der Waals surface area contributed by atoms with Crippen LogP contribution in [0, 0.1) is 6.92 Å². The number of anilines is 1. The van der Waals surface area contributed by atoms with E-state index in [0.717, 1.165) is 27.5 Å². The summed E-state index contributed by atoms with van der Waals surface area (Å²) >= 11 is 2.22. The predicted molar refractivity (Wildman–Crippen MR) is 82.5 cm³/mol. The minimum Gasteiger partial charge on any atom is -0.302 e. The van der Waals surface area contributed by atoms with Crippen molar-refractivity contribution in [2.45, 2.75) is 18.6 Å². The van der Waals surface area contributed by atoms with Crippen LogP contribution in [-0.4, -0.2) is 27.3 Å². The molecule has 3 amide bonds. The Labute approximate surface area is 128 Å². The van der Waals surface area contributed by atoms with Gasteiger partial charge in [0.05, 0.1) is 10.2 Å². The fraction of sp³-hybridized carbons (Fsp3) is 0.231. The molecule has 2 heterocycles. The minimum atomic E-state index is -0.658. The van der Waals surface area contributed by atoms with Gasteiger partial charge in [-0.15, -0.1) is 0 Å². The summed E-state index contributed by atoms with van der Waals surface area (Å²) in [4.78, 5) is 38.7. The molecule has 1 fully saturated rings. The summed E-state index contributed by atoms with van der Waals surface area (Å²) in [6.45, 7) is 1.99. The number of benzene rings is 1. The Morgan fingerprint density at radius 3 is 2.95 bits per heavy atom. The highest BCUT2D eigenvalue weighted by Gasteiger charge is 2.33. The molecule has 1 aliphatic rings. The van der Waals surface area contributed by atoms with Gasteiger partial charge in [0.25, 0.3) is 5.24 Å². The maximum Gasteiger partial charge on any atom is 0.286 e. The van der Waals surface area contributed by atoms with E-state index in [2.05, 4.69) is 15.6 Å². The molecule has 0 spiro atoms. The van der Waals surface area contributed by atoms with Gasteiger partial charge in [-0.25, -0.2) is 4.98 Å². The molecule has 0 radical (unpaired) electrons. The van der Waals surface area contributed by atoms with Crippen LogP contribution in [0.4, 0.5) is 9.93 Å². The van der Waals surface area contributed by atoms with E-state index >= 15 is 0 Å². The van der Waals surface area contributed by atoms with Crippen LogP contribution >= 0.6 is 23.1 Å². The van der Waals surface area contributed by atoms with Gasteiger partial charge in [0, 0.05) is 6.42 Å². The van der Waals surface area contributed by atoms with E-state index in [-0.39, 0.29) is 12.3 Å². The lowest BCUT2D eigenvalue weighted by atomic mass is 10.2. The predicted octanol–water partition coefficient (Wildman–Crippen LogP) is 2.28. The standard InChI is InChI=1S/C13H11N3O3S2/c1-6-2-3-7-8(4-6)20-12(14-7)15-10(17)5-9-11(18)16-13(19)21-9/h2-4,9H,5H2,1H3,(H,14,15,17)(H,16,18,19)/t9-/m0/s1. The molecule has 1 saturated heterocycles. The van der Waals surface area contributed by atoms with Gasteiger partial charge >= 0.3 is 0 Å². The summed E-state index contributed by atoms with van der Waals surface area (Å²) in [6.07, 6.45) is -0.0445. The normalized spacial score (nSPS) is 18.0. The van der Waals surface area contributed by atoms with Gasteiger partial charge in [-0.2, -0.15) is 0 Å². The van der Waals surface area contributed by atoms with E-state index in [1.807, 2.05) is 25.1 Å². The number of hydrogen-bond donors (Lipinski definition) is 2. The van der Waals surface area contributed by atoms with Gasteiger partial charge in [0.15, 0.2) is 5.13 Å². The number of aromatic nitrogens is 1. The highest BCUT2D eigenvalue weighted by atomic mass is 32.2. The molecule has 0 unspecified atom stereocenters. The molecule has 0 aliphatic carbocycles. The van der Waals surface area contributed by atoms with E-state index in [9.17, 15) is 14.4 Å². The molecule has 21 heavy (non-hydrogen) atoms. The van der Waals surface area contributed by atoms with E-state index in [1.165, 1.54) is 11.3 Å². The lowest BCUT2D eigenvalue weighted by molar-refractivity contribution is -0.122. The third-order valence-corrected chi connectivity index (χ3v) is 4.84. The summed E-state index contributed by atoms with van der Waals surface area (Å²) in [5.41, 5.74) is 1.95. The number of imide groups is 1. The fourth-order valence-electron chi connectivity index (χ4n) is 1.95. The third-order valence-electron chi connectivity index (χ3n) is 2.93. The summed E-state index contributed by atoms with van der Waals surface area (Å²) in [5.74, 6) is -0.742. The first-order chi connectivity index (χ1) is 10.0. The Bertz CT molecular complexity index is 756. The van der Waals surface area contributed by atoms with Gasteiger partial charge in [-0.3, -0.25) is 19.7 Å².